The van der Waals surface area contributed by atoms with Gasteiger partial charge in [0.2, 0.25) is 0 Å². The summed E-state index contributed by atoms with van der Waals surface area (Å²) in [6.45, 7) is 3.31. The zero-order valence-corrected chi connectivity index (χ0v) is 14.7. The molecular formula is C16H19ClN6O2. The number of hydrogen-bond acceptors (Lipinski definition) is 6. The minimum Gasteiger partial charge on any atom is -0.496 e. The van der Waals surface area contributed by atoms with Crippen LogP contribution in [-0.4, -0.2) is 75.2 Å². The van der Waals surface area contributed by atoms with Crippen LogP contribution in [0.3, 0.4) is 0 Å². The first kappa shape index (κ1) is 16.3. The van der Waals surface area contributed by atoms with Gasteiger partial charge < -0.3 is 9.64 Å². The van der Waals surface area contributed by atoms with Crippen molar-refractivity contribution in [1.29, 1.82) is 0 Å². The van der Waals surface area contributed by atoms with Crippen LogP contribution >= 0.6 is 11.6 Å². The molecule has 0 bridgehead atoms. The Morgan fingerprint density at radius 2 is 2.00 bits per heavy atom. The molecule has 4 rings (SSSR count). The molecule has 0 spiro atoms. The molecule has 8 nitrogen and oxygen atoms in total. The smallest absolute Gasteiger partial charge is 0.257 e. The molecule has 1 aliphatic carbocycles. The highest BCUT2D eigenvalue weighted by Gasteiger charge is 2.33. The summed E-state index contributed by atoms with van der Waals surface area (Å²) >= 11 is 6.35. The lowest BCUT2D eigenvalue weighted by atomic mass is 10.1. The van der Waals surface area contributed by atoms with Gasteiger partial charge in [0.1, 0.15) is 12.1 Å². The average molecular weight is 363 g/mol. The molecule has 2 aliphatic rings. The molecule has 1 saturated carbocycles. The number of methoxy groups -OCH3 is 1. The third kappa shape index (κ3) is 3.19. The van der Waals surface area contributed by atoms with E-state index in [9.17, 15) is 4.79 Å². The topological polar surface area (TPSA) is 76.4 Å². The van der Waals surface area contributed by atoms with Crippen LogP contribution in [0.4, 0.5) is 0 Å². The van der Waals surface area contributed by atoms with Crippen molar-refractivity contribution in [2.24, 2.45) is 0 Å². The minimum atomic E-state index is -0.0579. The highest BCUT2D eigenvalue weighted by atomic mass is 35.5. The SMILES string of the molecule is COc1cc(-n2cnnn2)c(Cl)cc1C(=O)N1CCN(C2CC2)CC1. The number of amides is 1. The van der Waals surface area contributed by atoms with E-state index in [1.165, 1.54) is 31.0 Å². The van der Waals surface area contributed by atoms with Crippen LogP contribution in [0.1, 0.15) is 23.2 Å². The lowest BCUT2D eigenvalue weighted by molar-refractivity contribution is 0.0624. The van der Waals surface area contributed by atoms with Crippen molar-refractivity contribution in [2.45, 2.75) is 18.9 Å². The number of halogens is 1. The van der Waals surface area contributed by atoms with Crippen molar-refractivity contribution in [1.82, 2.24) is 30.0 Å². The van der Waals surface area contributed by atoms with E-state index >= 15 is 0 Å². The normalized spacial score (nSPS) is 18.4. The number of aromatic nitrogens is 4. The highest BCUT2D eigenvalue weighted by Crippen LogP contribution is 2.31. The molecule has 1 aromatic heterocycles. The second kappa shape index (κ2) is 6.61. The fraction of sp³-hybridized carbons (Fsp3) is 0.500. The summed E-state index contributed by atoms with van der Waals surface area (Å²) in [5, 5.41) is 11.4. The van der Waals surface area contributed by atoms with Crippen molar-refractivity contribution in [2.75, 3.05) is 33.3 Å². The van der Waals surface area contributed by atoms with Gasteiger partial charge in [0, 0.05) is 38.3 Å². The maximum Gasteiger partial charge on any atom is 0.257 e. The number of nitrogens with zero attached hydrogens (tertiary/aromatic N) is 6. The Bertz CT molecular complexity index is 769. The fourth-order valence-corrected chi connectivity index (χ4v) is 3.48. The molecule has 2 heterocycles. The van der Waals surface area contributed by atoms with Gasteiger partial charge >= 0.3 is 0 Å². The van der Waals surface area contributed by atoms with E-state index in [1.54, 1.807) is 12.1 Å². The lowest BCUT2D eigenvalue weighted by Crippen LogP contribution is -2.49. The highest BCUT2D eigenvalue weighted by molar-refractivity contribution is 6.33. The molecule has 0 radical (unpaired) electrons. The van der Waals surface area contributed by atoms with Gasteiger partial charge in [-0.25, -0.2) is 0 Å². The molecule has 0 unspecified atom stereocenters. The van der Waals surface area contributed by atoms with Crippen LogP contribution < -0.4 is 4.74 Å². The molecule has 0 N–H and O–H groups in total. The molecule has 0 atom stereocenters. The third-order valence-corrected chi connectivity index (χ3v) is 5.06. The molecular weight excluding hydrogens is 344 g/mol. The Morgan fingerprint density at radius 1 is 1.24 bits per heavy atom. The van der Waals surface area contributed by atoms with Gasteiger partial charge in [-0.05, 0) is 29.3 Å². The molecule has 1 saturated heterocycles. The van der Waals surface area contributed by atoms with E-state index in [4.69, 9.17) is 16.3 Å². The Morgan fingerprint density at radius 3 is 2.60 bits per heavy atom. The van der Waals surface area contributed by atoms with Crippen LogP contribution in [0.5, 0.6) is 5.75 Å². The molecule has 9 heteroatoms. The van der Waals surface area contributed by atoms with E-state index in [-0.39, 0.29) is 5.91 Å². The molecule has 132 valence electrons. The molecule has 2 fully saturated rings. The van der Waals surface area contributed by atoms with E-state index in [0.717, 1.165) is 32.2 Å². The van der Waals surface area contributed by atoms with Gasteiger partial charge in [0.05, 0.1) is 23.4 Å². The average Bonchev–Trinajstić information content (AvgIpc) is 3.36. The van der Waals surface area contributed by atoms with Gasteiger partial charge in [-0.2, -0.15) is 4.68 Å². The summed E-state index contributed by atoms with van der Waals surface area (Å²) in [6.07, 6.45) is 4.02. The van der Waals surface area contributed by atoms with Crippen LogP contribution in [0.25, 0.3) is 5.69 Å². The molecule has 1 aliphatic heterocycles. The van der Waals surface area contributed by atoms with E-state index < -0.39 is 0 Å². The second-order valence-corrected chi connectivity index (χ2v) is 6.72. The van der Waals surface area contributed by atoms with E-state index in [0.29, 0.717) is 22.0 Å². The van der Waals surface area contributed by atoms with Crippen molar-refractivity contribution in [3.63, 3.8) is 0 Å². The van der Waals surface area contributed by atoms with Gasteiger partial charge in [-0.1, -0.05) is 11.6 Å². The Hall–Kier alpha value is -2.19. The van der Waals surface area contributed by atoms with Gasteiger partial charge in [-0.3, -0.25) is 9.69 Å². The summed E-state index contributed by atoms with van der Waals surface area (Å²) in [6, 6.07) is 4.05. The summed E-state index contributed by atoms with van der Waals surface area (Å²) in [7, 11) is 1.54. The van der Waals surface area contributed by atoms with Crippen molar-refractivity contribution in [3.05, 3.63) is 29.0 Å². The van der Waals surface area contributed by atoms with Gasteiger partial charge in [0.25, 0.3) is 5.91 Å². The number of piperazine rings is 1. The fourth-order valence-electron chi connectivity index (χ4n) is 3.23. The Kier molecular flexibility index (Phi) is 4.30. The Balaban J connectivity index is 1.56. The predicted octanol–water partition coefficient (Wildman–Crippen LogP) is 1.24. The Labute approximate surface area is 150 Å². The van der Waals surface area contributed by atoms with Gasteiger partial charge in [0.15, 0.2) is 0 Å². The zero-order chi connectivity index (χ0) is 17.4. The molecule has 1 amide bonds. The quantitative estimate of drug-likeness (QED) is 0.814. The third-order valence-electron chi connectivity index (χ3n) is 4.76. The summed E-state index contributed by atoms with van der Waals surface area (Å²) in [4.78, 5) is 17.3. The monoisotopic (exact) mass is 362 g/mol. The van der Waals surface area contributed by atoms with Crippen LogP contribution in [0.2, 0.25) is 5.02 Å². The number of tetrazole rings is 1. The first-order chi connectivity index (χ1) is 12.2. The van der Waals surface area contributed by atoms with E-state index in [1.807, 2.05) is 4.90 Å². The number of benzene rings is 1. The number of hydrogen-bond donors (Lipinski definition) is 0. The summed E-state index contributed by atoms with van der Waals surface area (Å²) < 4.78 is 6.86. The lowest BCUT2D eigenvalue weighted by Gasteiger charge is -2.35. The standard InChI is InChI=1S/C16H19ClN6O2/c1-25-15-9-14(23-10-18-19-20-23)13(17)8-12(15)16(24)22-6-4-21(5-7-22)11-2-3-11/h8-11H,2-7H2,1H3. The van der Waals surface area contributed by atoms with Crippen molar-refractivity contribution in [3.8, 4) is 11.4 Å². The van der Waals surface area contributed by atoms with Crippen LogP contribution in [0, 0.1) is 0 Å². The first-order valence-corrected chi connectivity index (χ1v) is 8.69. The second-order valence-electron chi connectivity index (χ2n) is 6.32. The number of carbonyl (C=O) groups excluding carboxylic acids is 1. The maximum absolute atomic E-state index is 12.9. The van der Waals surface area contributed by atoms with Crippen LogP contribution in [0.15, 0.2) is 18.5 Å². The maximum atomic E-state index is 12.9. The largest absolute Gasteiger partial charge is 0.496 e. The van der Waals surface area contributed by atoms with Gasteiger partial charge in [-0.15, -0.1) is 5.10 Å². The number of ether oxygens (including phenoxy) is 1. The minimum absolute atomic E-state index is 0.0579. The summed E-state index contributed by atoms with van der Waals surface area (Å²) in [5.74, 6) is 0.405. The van der Waals surface area contributed by atoms with Crippen molar-refractivity contribution < 1.29 is 9.53 Å². The number of rotatable bonds is 4. The molecule has 25 heavy (non-hydrogen) atoms. The van der Waals surface area contributed by atoms with Crippen molar-refractivity contribution >= 4 is 17.5 Å². The molecule has 1 aromatic carbocycles. The van der Waals surface area contributed by atoms with E-state index in [2.05, 4.69) is 20.4 Å². The first-order valence-electron chi connectivity index (χ1n) is 8.31. The molecule has 2 aromatic rings. The summed E-state index contributed by atoms with van der Waals surface area (Å²) in [5.41, 5.74) is 1.03. The van der Waals surface area contributed by atoms with Crippen LogP contribution in [-0.2, 0) is 0 Å². The zero-order valence-electron chi connectivity index (χ0n) is 13.9. The number of carbonyl (C=O) groups is 1. The predicted molar refractivity (Wildman–Crippen MR) is 91.2 cm³/mol.